The van der Waals surface area contributed by atoms with Crippen molar-refractivity contribution in [2.45, 2.75) is 32.2 Å². The lowest BCUT2D eigenvalue weighted by Crippen LogP contribution is -2.49. The first-order valence-electron chi connectivity index (χ1n) is 14.1. The molecule has 0 atom stereocenters. The average Bonchev–Trinajstić information content (AvgIpc) is 2.97. The van der Waals surface area contributed by atoms with E-state index in [1.54, 1.807) is 25.6 Å². The minimum atomic E-state index is -0.317. The Morgan fingerprint density at radius 1 is 0.977 bits per heavy atom. The molecule has 6 rings (SSSR count). The summed E-state index contributed by atoms with van der Waals surface area (Å²) in [6, 6.07) is 14.9. The summed E-state index contributed by atoms with van der Waals surface area (Å²) in [5, 5.41) is 22.5. The third-order valence-electron chi connectivity index (χ3n) is 7.87. The van der Waals surface area contributed by atoms with Crippen LogP contribution in [-0.4, -0.2) is 86.4 Å². The van der Waals surface area contributed by atoms with Crippen molar-refractivity contribution in [3.63, 3.8) is 0 Å². The highest BCUT2D eigenvalue weighted by molar-refractivity contribution is 6.35. The predicted octanol–water partition coefficient (Wildman–Crippen LogP) is 3.78. The molecule has 1 aromatic carbocycles. The number of halogens is 1. The van der Waals surface area contributed by atoms with E-state index < -0.39 is 0 Å². The van der Waals surface area contributed by atoms with Gasteiger partial charge in [-0.2, -0.15) is 0 Å². The summed E-state index contributed by atoms with van der Waals surface area (Å²) in [7, 11) is 1.59. The van der Waals surface area contributed by atoms with Gasteiger partial charge in [0.05, 0.1) is 35.7 Å². The maximum Gasteiger partial charge on any atom is 0.274 e. The van der Waals surface area contributed by atoms with Gasteiger partial charge in [-0.3, -0.25) is 24.6 Å². The quantitative estimate of drug-likeness (QED) is 0.263. The number of amides is 1. The summed E-state index contributed by atoms with van der Waals surface area (Å²) < 4.78 is 5.59. The first kappa shape index (κ1) is 29.2. The normalized spacial score (nSPS) is 16.0. The summed E-state index contributed by atoms with van der Waals surface area (Å²) in [6.45, 7) is 5.83. The fourth-order valence-electron chi connectivity index (χ4n) is 5.45. The van der Waals surface area contributed by atoms with Gasteiger partial charge in [-0.25, -0.2) is 4.98 Å². The molecule has 3 N–H and O–H groups in total. The van der Waals surface area contributed by atoms with E-state index in [4.69, 9.17) is 21.3 Å². The molecule has 5 heterocycles. The number of carbonyl (C=O) groups excluding carboxylic acids is 1. The van der Waals surface area contributed by atoms with Gasteiger partial charge in [-0.15, -0.1) is 0 Å². The lowest BCUT2D eigenvalue weighted by molar-refractivity contribution is -0.00339. The van der Waals surface area contributed by atoms with Crippen molar-refractivity contribution < 1.29 is 19.7 Å². The first-order chi connectivity index (χ1) is 20.8. The number of nitrogens with one attached hydrogen (secondary N) is 1. The summed E-state index contributed by atoms with van der Waals surface area (Å²) in [6.07, 6.45) is 2.86. The molecule has 4 aromatic rings. The number of hydrogen-bond acceptors (Lipinski definition) is 9. The Kier molecular flexibility index (Phi) is 8.38. The van der Waals surface area contributed by atoms with E-state index in [0.717, 1.165) is 22.3 Å². The van der Waals surface area contributed by atoms with E-state index in [2.05, 4.69) is 25.1 Å². The molecule has 2 saturated heterocycles. The number of aliphatic hydroxyl groups excluding tert-OH is 2. The van der Waals surface area contributed by atoms with Gasteiger partial charge in [0.2, 0.25) is 5.88 Å². The smallest absolute Gasteiger partial charge is 0.274 e. The van der Waals surface area contributed by atoms with Crippen LogP contribution < -0.4 is 10.1 Å². The lowest BCUT2D eigenvalue weighted by atomic mass is 10.0. The second kappa shape index (κ2) is 12.4. The summed E-state index contributed by atoms with van der Waals surface area (Å²) in [5.74, 6) is 0.193. The topological polar surface area (TPSA) is 124 Å². The number of aromatic nitrogens is 3. The van der Waals surface area contributed by atoms with Crippen molar-refractivity contribution in [1.82, 2.24) is 24.8 Å². The number of pyridine rings is 3. The molecule has 2 fully saturated rings. The highest BCUT2D eigenvalue weighted by Crippen LogP contribution is 2.38. The molecule has 3 aromatic heterocycles. The minimum absolute atomic E-state index is 0.256. The van der Waals surface area contributed by atoms with E-state index in [1.807, 2.05) is 49.4 Å². The number of anilines is 1. The summed E-state index contributed by atoms with van der Waals surface area (Å²) >= 11 is 6.95. The molecular formula is C32H33ClN6O4. The third kappa shape index (κ3) is 6.24. The molecule has 2 aliphatic rings. The molecule has 43 heavy (non-hydrogen) atoms. The van der Waals surface area contributed by atoms with Crippen LogP contribution in [0.4, 0.5) is 5.69 Å². The number of nitrogens with zero attached hydrogens (tertiary/aromatic N) is 5. The lowest BCUT2D eigenvalue weighted by Gasteiger charge is -2.35. The second-order valence-electron chi connectivity index (χ2n) is 11.1. The zero-order valence-electron chi connectivity index (χ0n) is 24.0. The molecule has 0 bridgehead atoms. The number of benzene rings is 1. The van der Waals surface area contributed by atoms with Crippen molar-refractivity contribution in [1.29, 1.82) is 0 Å². The molecule has 2 aliphatic heterocycles. The Bertz CT molecular complexity index is 1640. The number of β-amino-alcohol motifs (C(OH)–C–C–N with tert-alkyl or cyclic N) is 2. The Balaban J connectivity index is 1.20. The fourth-order valence-corrected chi connectivity index (χ4v) is 5.76. The van der Waals surface area contributed by atoms with Crippen LogP contribution in [0.3, 0.4) is 0 Å². The number of carbonyl (C=O) groups is 1. The van der Waals surface area contributed by atoms with E-state index >= 15 is 0 Å². The molecule has 0 unspecified atom stereocenters. The van der Waals surface area contributed by atoms with E-state index in [1.165, 1.54) is 0 Å². The summed E-state index contributed by atoms with van der Waals surface area (Å²) in [4.78, 5) is 31.0. The van der Waals surface area contributed by atoms with Crippen molar-refractivity contribution in [2.24, 2.45) is 0 Å². The van der Waals surface area contributed by atoms with Gasteiger partial charge in [0.25, 0.3) is 5.91 Å². The Morgan fingerprint density at radius 3 is 2.40 bits per heavy atom. The number of ether oxygens (including phenoxy) is 1. The van der Waals surface area contributed by atoms with Crippen LogP contribution in [0.5, 0.6) is 5.88 Å². The molecule has 1 amide bonds. The van der Waals surface area contributed by atoms with Crippen molar-refractivity contribution in [3.8, 4) is 28.4 Å². The maximum atomic E-state index is 13.1. The van der Waals surface area contributed by atoms with Crippen LogP contribution >= 0.6 is 11.6 Å². The number of likely N-dealkylation sites (tertiary alicyclic amines) is 2. The van der Waals surface area contributed by atoms with Crippen LogP contribution in [0.2, 0.25) is 5.02 Å². The highest BCUT2D eigenvalue weighted by Gasteiger charge is 2.26. The van der Waals surface area contributed by atoms with Crippen LogP contribution in [0, 0.1) is 6.92 Å². The van der Waals surface area contributed by atoms with Crippen LogP contribution in [0.15, 0.2) is 60.9 Å². The van der Waals surface area contributed by atoms with Crippen LogP contribution in [0.25, 0.3) is 22.5 Å². The van der Waals surface area contributed by atoms with Crippen LogP contribution in [-0.2, 0) is 13.1 Å². The molecule has 222 valence electrons. The molecule has 0 radical (unpaired) electrons. The number of aliphatic hydroxyl groups is 2. The average molecular weight is 601 g/mol. The Labute approximate surface area is 255 Å². The molecule has 0 spiro atoms. The highest BCUT2D eigenvalue weighted by atomic mass is 35.5. The largest absolute Gasteiger partial charge is 0.481 e. The number of methoxy groups -OCH3 is 1. The van der Waals surface area contributed by atoms with E-state index in [9.17, 15) is 15.0 Å². The van der Waals surface area contributed by atoms with Gasteiger partial charge in [0, 0.05) is 74.0 Å². The number of hydrogen-bond donors (Lipinski definition) is 3. The Morgan fingerprint density at radius 2 is 1.72 bits per heavy atom. The van der Waals surface area contributed by atoms with E-state index in [0.29, 0.717) is 78.5 Å². The molecular weight excluding hydrogens is 568 g/mol. The van der Waals surface area contributed by atoms with Gasteiger partial charge >= 0.3 is 0 Å². The van der Waals surface area contributed by atoms with Gasteiger partial charge in [-0.05, 0) is 42.3 Å². The standard InChI is InChI=1S/C32H33ClN6O4/c1-19-24(4-3-5-26(19)36-31(42)28-8-6-20(12-35-28)13-38-15-22(40)16-38)30-29(33)25(10-11-34-30)27-9-7-21(32(37-27)43-2)14-39-17-23(41)18-39/h3-12,22-23,40-41H,13-18H2,1-2H3,(H,36,42). The monoisotopic (exact) mass is 600 g/mol. The zero-order valence-corrected chi connectivity index (χ0v) is 24.8. The molecule has 11 heteroatoms. The fraction of sp³-hybridized carbons (Fsp3) is 0.312. The van der Waals surface area contributed by atoms with Crippen molar-refractivity contribution in [2.75, 3.05) is 38.6 Å². The maximum absolute atomic E-state index is 13.1. The van der Waals surface area contributed by atoms with E-state index in [-0.39, 0.29) is 18.1 Å². The van der Waals surface area contributed by atoms with Gasteiger partial charge in [0.1, 0.15) is 5.69 Å². The molecule has 0 aliphatic carbocycles. The van der Waals surface area contributed by atoms with Gasteiger partial charge in [-0.1, -0.05) is 35.9 Å². The summed E-state index contributed by atoms with van der Waals surface area (Å²) in [5.41, 5.74) is 6.39. The SMILES string of the molecule is COc1nc(-c2ccnc(-c3cccc(NC(=O)c4ccc(CN5CC(O)C5)cn4)c3C)c2Cl)ccc1CN1CC(O)C1. The molecule has 10 nitrogen and oxygen atoms in total. The second-order valence-corrected chi connectivity index (χ2v) is 11.4. The zero-order chi connectivity index (χ0) is 30.1. The van der Waals surface area contributed by atoms with Gasteiger partial charge < -0.3 is 20.3 Å². The minimum Gasteiger partial charge on any atom is -0.481 e. The first-order valence-corrected chi connectivity index (χ1v) is 14.5. The van der Waals surface area contributed by atoms with Crippen LogP contribution in [0.1, 0.15) is 27.2 Å². The predicted molar refractivity (Wildman–Crippen MR) is 164 cm³/mol. The Hall–Kier alpha value is -3.93. The van der Waals surface area contributed by atoms with Crippen molar-refractivity contribution >= 4 is 23.2 Å². The van der Waals surface area contributed by atoms with Gasteiger partial charge in [0.15, 0.2) is 0 Å². The number of rotatable bonds is 9. The third-order valence-corrected chi connectivity index (χ3v) is 8.25. The molecule has 0 saturated carbocycles. The van der Waals surface area contributed by atoms with Crippen molar-refractivity contribution in [3.05, 3.63) is 88.3 Å².